The molecule has 0 saturated carbocycles. The van der Waals surface area contributed by atoms with Crippen molar-refractivity contribution < 1.29 is 4.39 Å². The zero-order valence-corrected chi connectivity index (χ0v) is 14.3. The Morgan fingerprint density at radius 3 is 2.80 bits per heavy atom. The van der Waals surface area contributed by atoms with Gasteiger partial charge in [0.1, 0.15) is 5.82 Å². The Balaban J connectivity index is 2.16. The van der Waals surface area contributed by atoms with Crippen molar-refractivity contribution in [1.82, 2.24) is 5.32 Å². The summed E-state index contributed by atoms with van der Waals surface area (Å²) in [5, 5.41) is 5.15. The smallest absolute Gasteiger partial charge is 0.127 e. The van der Waals surface area contributed by atoms with E-state index in [2.05, 4.69) is 19.2 Å². The van der Waals surface area contributed by atoms with Crippen LogP contribution in [-0.2, 0) is 6.42 Å². The van der Waals surface area contributed by atoms with Crippen molar-refractivity contribution in [1.29, 1.82) is 0 Å². The first-order valence-electron chi connectivity index (χ1n) is 7.03. The average Bonchev–Trinajstić information content (AvgIpc) is 2.43. The quantitative estimate of drug-likeness (QED) is 0.865. The maximum absolute atomic E-state index is 14.0. The van der Waals surface area contributed by atoms with Crippen molar-refractivity contribution in [3.63, 3.8) is 0 Å². The van der Waals surface area contributed by atoms with Gasteiger partial charge in [0.15, 0.2) is 0 Å². The average molecular weight is 334 g/mol. The first-order valence-corrected chi connectivity index (χ1v) is 9.50. The minimum atomic E-state index is -0.193. The van der Waals surface area contributed by atoms with Gasteiger partial charge in [0.05, 0.1) is 0 Å². The van der Waals surface area contributed by atoms with Crippen LogP contribution >= 0.6 is 35.1 Å². The van der Waals surface area contributed by atoms with Crippen LogP contribution in [0.25, 0.3) is 0 Å². The summed E-state index contributed by atoms with van der Waals surface area (Å²) in [7, 11) is 0. The highest BCUT2D eigenvalue weighted by Crippen LogP contribution is 2.34. The second kappa shape index (κ2) is 7.92. The molecule has 1 aromatic rings. The van der Waals surface area contributed by atoms with Gasteiger partial charge in [-0.15, -0.1) is 0 Å². The van der Waals surface area contributed by atoms with Crippen LogP contribution in [0.5, 0.6) is 0 Å². The molecule has 0 radical (unpaired) electrons. The van der Waals surface area contributed by atoms with Crippen molar-refractivity contribution in [2.45, 2.75) is 36.8 Å². The van der Waals surface area contributed by atoms with Crippen LogP contribution in [-0.4, -0.2) is 34.6 Å². The van der Waals surface area contributed by atoms with Gasteiger partial charge in [0, 0.05) is 38.6 Å². The summed E-state index contributed by atoms with van der Waals surface area (Å²) in [6, 6.07) is 5.20. The molecule has 1 nitrogen and oxygen atoms in total. The lowest BCUT2D eigenvalue weighted by Gasteiger charge is -2.35. The van der Waals surface area contributed by atoms with Gasteiger partial charge < -0.3 is 5.32 Å². The van der Waals surface area contributed by atoms with Crippen molar-refractivity contribution in [3.05, 3.63) is 34.6 Å². The Morgan fingerprint density at radius 2 is 2.15 bits per heavy atom. The number of nitrogens with one attached hydrogen (secondary N) is 1. The second-order valence-corrected chi connectivity index (χ2v) is 8.16. The molecule has 1 aromatic carbocycles. The molecule has 3 unspecified atom stereocenters. The van der Waals surface area contributed by atoms with Crippen LogP contribution < -0.4 is 5.32 Å². The molecule has 2 rings (SSSR count). The Hall–Kier alpha value is 0.1000. The van der Waals surface area contributed by atoms with Gasteiger partial charge >= 0.3 is 0 Å². The zero-order valence-electron chi connectivity index (χ0n) is 11.9. The minimum Gasteiger partial charge on any atom is -0.313 e. The van der Waals surface area contributed by atoms with E-state index in [4.69, 9.17) is 11.6 Å². The molecule has 0 amide bonds. The summed E-state index contributed by atoms with van der Waals surface area (Å²) in [5.74, 6) is 2.19. The number of benzene rings is 1. The lowest BCUT2D eigenvalue weighted by atomic mass is 10.0. The van der Waals surface area contributed by atoms with E-state index in [0.717, 1.165) is 6.54 Å². The van der Waals surface area contributed by atoms with E-state index in [1.54, 1.807) is 12.1 Å². The predicted molar refractivity (Wildman–Crippen MR) is 90.7 cm³/mol. The van der Waals surface area contributed by atoms with Crippen molar-refractivity contribution in [2.75, 3.05) is 18.1 Å². The summed E-state index contributed by atoms with van der Waals surface area (Å²) in [6.07, 6.45) is 0.655. The highest BCUT2D eigenvalue weighted by molar-refractivity contribution is 8.07. The molecule has 1 N–H and O–H groups in total. The van der Waals surface area contributed by atoms with Gasteiger partial charge in [-0.3, -0.25) is 0 Å². The van der Waals surface area contributed by atoms with Gasteiger partial charge in [0.2, 0.25) is 0 Å². The SMILES string of the molecule is CCNC(Cc1c(F)cccc1Cl)C1SCCSC1C. The summed E-state index contributed by atoms with van der Waals surface area (Å²) >= 11 is 10.2. The first kappa shape index (κ1) is 16.5. The topological polar surface area (TPSA) is 12.0 Å². The van der Waals surface area contributed by atoms with E-state index in [1.807, 2.05) is 23.5 Å². The van der Waals surface area contributed by atoms with Crippen molar-refractivity contribution >= 4 is 35.1 Å². The van der Waals surface area contributed by atoms with E-state index in [-0.39, 0.29) is 11.9 Å². The molecule has 0 aromatic heterocycles. The molecule has 0 aliphatic carbocycles. The number of thioether (sulfide) groups is 2. The van der Waals surface area contributed by atoms with Crippen LogP contribution in [0.1, 0.15) is 19.4 Å². The normalized spacial score (nSPS) is 24.6. The van der Waals surface area contributed by atoms with Gasteiger partial charge in [-0.2, -0.15) is 23.5 Å². The molecule has 1 fully saturated rings. The Morgan fingerprint density at radius 1 is 1.40 bits per heavy atom. The molecule has 1 aliphatic rings. The molecule has 1 heterocycles. The van der Waals surface area contributed by atoms with Crippen molar-refractivity contribution in [2.24, 2.45) is 0 Å². The molecule has 3 atom stereocenters. The Bertz CT molecular complexity index is 424. The fourth-order valence-corrected chi connectivity index (χ4v) is 5.81. The van der Waals surface area contributed by atoms with Crippen LogP contribution in [0.2, 0.25) is 5.02 Å². The van der Waals surface area contributed by atoms with Crippen LogP contribution in [0.4, 0.5) is 4.39 Å². The van der Waals surface area contributed by atoms with E-state index >= 15 is 0 Å². The Labute approximate surface area is 134 Å². The van der Waals surface area contributed by atoms with E-state index < -0.39 is 0 Å². The van der Waals surface area contributed by atoms with E-state index in [9.17, 15) is 4.39 Å². The van der Waals surface area contributed by atoms with Gasteiger partial charge in [0.25, 0.3) is 0 Å². The van der Waals surface area contributed by atoms with Gasteiger partial charge in [-0.05, 0) is 25.1 Å². The highest BCUT2D eigenvalue weighted by atomic mass is 35.5. The molecular weight excluding hydrogens is 313 g/mol. The molecule has 1 aliphatic heterocycles. The fourth-order valence-electron chi connectivity index (χ4n) is 2.61. The highest BCUT2D eigenvalue weighted by Gasteiger charge is 2.30. The van der Waals surface area contributed by atoms with E-state index in [0.29, 0.717) is 27.5 Å². The standard InChI is InChI=1S/C15H21ClFNS2/c1-3-18-14(15-10(2)19-7-8-20-15)9-11-12(16)5-4-6-13(11)17/h4-6,10,14-15,18H,3,7-9H2,1-2H3. The maximum Gasteiger partial charge on any atom is 0.127 e. The molecule has 112 valence electrons. The minimum absolute atomic E-state index is 0.193. The molecule has 5 heteroatoms. The first-order chi connectivity index (χ1) is 9.63. The van der Waals surface area contributed by atoms with E-state index in [1.165, 1.54) is 17.6 Å². The maximum atomic E-state index is 14.0. The summed E-state index contributed by atoms with van der Waals surface area (Å²) in [6.45, 7) is 5.27. The summed E-state index contributed by atoms with van der Waals surface area (Å²) in [4.78, 5) is 0. The molecular formula is C15H21ClFNS2. The van der Waals surface area contributed by atoms with Crippen LogP contribution in [0, 0.1) is 5.82 Å². The summed E-state index contributed by atoms with van der Waals surface area (Å²) < 4.78 is 14.0. The molecule has 20 heavy (non-hydrogen) atoms. The number of likely N-dealkylation sites (N-methyl/N-ethyl adjacent to an activating group) is 1. The Kier molecular flexibility index (Phi) is 6.53. The number of halogens is 2. The number of rotatable bonds is 5. The monoisotopic (exact) mass is 333 g/mol. The third-order valence-corrected chi connectivity index (χ3v) is 7.19. The number of hydrogen-bond donors (Lipinski definition) is 1. The molecule has 0 spiro atoms. The lowest BCUT2D eigenvalue weighted by Crippen LogP contribution is -2.45. The predicted octanol–water partition coefficient (Wildman–Crippen LogP) is 4.24. The largest absolute Gasteiger partial charge is 0.313 e. The second-order valence-electron chi connectivity index (χ2n) is 4.98. The van der Waals surface area contributed by atoms with Crippen molar-refractivity contribution in [3.8, 4) is 0 Å². The van der Waals surface area contributed by atoms with Crippen LogP contribution in [0.3, 0.4) is 0 Å². The lowest BCUT2D eigenvalue weighted by molar-refractivity contribution is 0.489. The zero-order chi connectivity index (χ0) is 14.5. The third-order valence-electron chi connectivity index (χ3n) is 3.59. The summed E-state index contributed by atoms with van der Waals surface area (Å²) in [5.41, 5.74) is 0.642. The van der Waals surface area contributed by atoms with Crippen LogP contribution in [0.15, 0.2) is 18.2 Å². The van der Waals surface area contributed by atoms with Gasteiger partial charge in [-0.25, -0.2) is 4.39 Å². The number of hydrogen-bond acceptors (Lipinski definition) is 3. The third kappa shape index (κ3) is 4.06. The van der Waals surface area contributed by atoms with Gasteiger partial charge in [-0.1, -0.05) is 31.5 Å². The fraction of sp³-hybridized carbons (Fsp3) is 0.600. The molecule has 0 bridgehead atoms. The molecule has 1 saturated heterocycles.